The zero-order chi connectivity index (χ0) is 14.4. The molecule has 19 heavy (non-hydrogen) atoms. The normalized spacial score (nSPS) is 14.7. The van der Waals surface area contributed by atoms with E-state index in [0.29, 0.717) is 0 Å². The summed E-state index contributed by atoms with van der Waals surface area (Å²) in [5.41, 5.74) is 0.119. The largest absolute Gasteiger partial charge is 0.387 e. The molecule has 1 rings (SSSR count). The van der Waals surface area contributed by atoms with Crippen molar-refractivity contribution >= 4 is 0 Å². The Morgan fingerprint density at radius 1 is 1.32 bits per heavy atom. The number of nitrogens with zero attached hydrogens (tertiary/aromatic N) is 1. The SMILES string of the molecule is CC(CCN(C)C)NCC(O)c1ccc(F)cc1F. The maximum atomic E-state index is 13.4. The molecule has 2 atom stereocenters. The van der Waals surface area contributed by atoms with E-state index in [1.165, 1.54) is 6.07 Å². The van der Waals surface area contributed by atoms with Gasteiger partial charge in [-0.15, -0.1) is 0 Å². The number of nitrogens with one attached hydrogen (secondary N) is 1. The Morgan fingerprint density at radius 2 is 2.00 bits per heavy atom. The molecule has 0 bridgehead atoms. The molecule has 1 aromatic carbocycles. The van der Waals surface area contributed by atoms with Crippen LogP contribution in [0.2, 0.25) is 0 Å². The molecule has 0 saturated carbocycles. The van der Waals surface area contributed by atoms with Gasteiger partial charge in [-0.05, 0) is 40.1 Å². The van der Waals surface area contributed by atoms with Gasteiger partial charge < -0.3 is 15.3 Å². The predicted molar refractivity (Wildman–Crippen MR) is 72.0 cm³/mol. The van der Waals surface area contributed by atoms with E-state index in [4.69, 9.17) is 0 Å². The third-order valence-electron chi connectivity index (χ3n) is 2.99. The van der Waals surface area contributed by atoms with Crippen LogP contribution in [0.3, 0.4) is 0 Å². The van der Waals surface area contributed by atoms with Crippen molar-refractivity contribution in [2.45, 2.75) is 25.5 Å². The molecule has 0 heterocycles. The summed E-state index contributed by atoms with van der Waals surface area (Å²) in [4.78, 5) is 2.08. The molecule has 0 radical (unpaired) electrons. The van der Waals surface area contributed by atoms with Crippen LogP contribution in [0.4, 0.5) is 8.78 Å². The minimum Gasteiger partial charge on any atom is -0.387 e. The van der Waals surface area contributed by atoms with E-state index in [-0.39, 0.29) is 18.2 Å². The molecule has 0 aliphatic heterocycles. The molecule has 2 N–H and O–H groups in total. The average Bonchev–Trinajstić information content (AvgIpc) is 2.33. The second kappa shape index (κ2) is 7.53. The molecule has 2 unspecified atom stereocenters. The van der Waals surface area contributed by atoms with Gasteiger partial charge in [-0.25, -0.2) is 8.78 Å². The van der Waals surface area contributed by atoms with Gasteiger partial charge >= 0.3 is 0 Å². The van der Waals surface area contributed by atoms with Gasteiger partial charge in [0.15, 0.2) is 0 Å². The number of hydrogen-bond acceptors (Lipinski definition) is 3. The van der Waals surface area contributed by atoms with Crippen LogP contribution < -0.4 is 5.32 Å². The summed E-state index contributed by atoms with van der Waals surface area (Å²) in [5, 5.41) is 13.0. The number of rotatable bonds is 7. The zero-order valence-electron chi connectivity index (χ0n) is 11.7. The maximum Gasteiger partial charge on any atom is 0.131 e. The lowest BCUT2D eigenvalue weighted by atomic mass is 10.1. The van der Waals surface area contributed by atoms with Gasteiger partial charge in [-0.2, -0.15) is 0 Å². The van der Waals surface area contributed by atoms with E-state index in [1.807, 2.05) is 21.0 Å². The zero-order valence-corrected chi connectivity index (χ0v) is 11.7. The van der Waals surface area contributed by atoms with Crippen LogP contribution >= 0.6 is 0 Å². The summed E-state index contributed by atoms with van der Waals surface area (Å²) in [6.07, 6.45) is -0.0339. The highest BCUT2D eigenvalue weighted by Gasteiger charge is 2.14. The van der Waals surface area contributed by atoms with Gasteiger partial charge in [-0.3, -0.25) is 0 Å². The van der Waals surface area contributed by atoms with Gasteiger partial charge in [0.25, 0.3) is 0 Å². The molecule has 5 heteroatoms. The third-order valence-corrected chi connectivity index (χ3v) is 2.99. The molecule has 0 saturated heterocycles. The monoisotopic (exact) mass is 272 g/mol. The third kappa shape index (κ3) is 5.63. The summed E-state index contributed by atoms with van der Waals surface area (Å²) in [5.74, 6) is -1.35. The van der Waals surface area contributed by atoms with E-state index < -0.39 is 17.7 Å². The minimum atomic E-state index is -0.970. The number of hydrogen-bond donors (Lipinski definition) is 2. The summed E-state index contributed by atoms with van der Waals surface area (Å²) in [6.45, 7) is 3.20. The molecular weight excluding hydrogens is 250 g/mol. The van der Waals surface area contributed by atoms with Gasteiger partial charge in [0.05, 0.1) is 6.10 Å². The van der Waals surface area contributed by atoms with Gasteiger partial charge in [0.1, 0.15) is 11.6 Å². The lowest BCUT2D eigenvalue weighted by Gasteiger charge is -2.19. The first-order valence-electron chi connectivity index (χ1n) is 6.41. The molecule has 0 fully saturated rings. The summed E-state index contributed by atoms with van der Waals surface area (Å²) in [6, 6.07) is 3.44. The second-order valence-electron chi connectivity index (χ2n) is 5.08. The predicted octanol–water partition coefficient (Wildman–Crippen LogP) is 1.93. The molecule has 0 aromatic heterocycles. The van der Waals surface area contributed by atoms with Crippen molar-refractivity contribution in [2.75, 3.05) is 27.2 Å². The topological polar surface area (TPSA) is 35.5 Å². The smallest absolute Gasteiger partial charge is 0.131 e. The van der Waals surface area contributed by atoms with Crippen molar-refractivity contribution in [3.63, 3.8) is 0 Å². The van der Waals surface area contributed by atoms with E-state index >= 15 is 0 Å². The maximum absolute atomic E-state index is 13.4. The van der Waals surface area contributed by atoms with E-state index in [2.05, 4.69) is 10.2 Å². The van der Waals surface area contributed by atoms with Crippen LogP contribution in [0.25, 0.3) is 0 Å². The van der Waals surface area contributed by atoms with Gasteiger partial charge in [0, 0.05) is 24.2 Å². The average molecular weight is 272 g/mol. The Bertz CT molecular complexity index is 399. The van der Waals surface area contributed by atoms with Crippen molar-refractivity contribution in [3.8, 4) is 0 Å². The minimum absolute atomic E-state index is 0.119. The van der Waals surface area contributed by atoms with Crippen LogP contribution in [0, 0.1) is 11.6 Å². The Morgan fingerprint density at radius 3 is 2.58 bits per heavy atom. The van der Waals surface area contributed by atoms with Crippen molar-refractivity contribution < 1.29 is 13.9 Å². The fourth-order valence-electron chi connectivity index (χ4n) is 1.75. The lowest BCUT2D eigenvalue weighted by Crippen LogP contribution is -2.33. The highest BCUT2D eigenvalue weighted by atomic mass is 19.1. The summed E-state index contributed by atoms with van der Waals surface area (Å²) in [7, 11) is 3.99. The molecule has 0 aliphatic carbocycles. The molecule has 1 aromatic rings. The van der Waals surface area contributed by atoms with Crippen molar-refractivity contribution in [2.24, 2.45) is 0 Å². The molecule has 108 valence electrons. The molecule has 0 aliphatic rings. The number of benzene rings is 1. The fourth-order valence-corrected chi connectivity index (χ4v) is 1.75. The standard InChI is InChI=1S/C14H22F2N2O/c1-10(6-7-18(2)3)17-9-14(19)12-5-4-11(15)8-13(12)16/h4-5,8,10,14,17,19H,6-7,9H2,1-3H3. The Labute approximate surface area is 113 Å². The quantitative estimate of drug-likeness (QED) is 0.796. The molecular formula is C14H22F2N2O. The number of aliphatic hydroxyl groups excluding tert-OH is 1. The van der Waals surface area contributed by atoms with E-state index in [1.54, 1.807) is 0 Å². The van der Waals surface area contributed by atoms with Crippen LogP contribution in [-0.4, -0.2) is 43.2 Å². The molecule has 0 amide bonds. The van der Waals surface area contributed by atoms with Crippen LogP contribution in [-0.2, 0) is 0 Å². The van der Waals surface area contributed by atoms with Gasteiger partial charge in [-0.1, -0.05) is 6.07 Å². The number of aliphatic hydroxyl groups is 1. The summed E-state index contributed by atoms with van der Waals surface area (Å²) < 4.78 is 26.2. The van der Waals surface area contributed by atoms with Crippen molar-refractivity contribution in [3.05, 3.63) is 35.4 Å². The Kier molecular flexibility index (Phi) is 6.34. The van der Waals surface area contributed by atoms with Gasteiger partial charge in [0.2, 0.25) is 0 Å². The highest BCUT2D eigenvalue weighted by Crippen LogP contribution is 2.17. The molecule has 3 nitrogen and oxygen atoms in total. The first-order valence-corrected chi connectivity index (χ1v) is 6.41. The number of halogens is 2. The van der Waals surface area contributed by atoms with E-state index in [0.717, 1.165) is 25.1 Å². The first kappa shape index (κ1) is 16.0. The van der Waals surface area contributed by atoms with Crippen molar-refractivity contribution in [1.82, 2.24) is 10.2 Å². The highest BCUT2D eigenvalue weighted by molar-refractivity contribution is 5.21. The van der Waals surface area contributed by atoms with Crippen molar-refractivity contribution in [1.29, 1.82) is 0 Å². The van der Waals surface area contributed by atoms with Crippen LogP contribution in [0.15, 0.2) is 18.2 Å². The van der Waals surface area contributed by atoms with Crippen LogP contribution in [0.1, 0.15) is 25.0 Å². The van der Waals surface area contributed by atoms with Crippen LogP contribution in [0.5, 0.6) is 0 Å². The Hall–Kier alpha value is -1.04. The fraction of sp³-hybridized carbons (Fsp3) is 0.571. The van der Waals surface area contributed by atoms with E-state index in [9.17, 15) is 13.9 Å². The molecule has 0 spiro atoms. The lowest BCUT2D eigenvalue weighted by molar-refractivity contribution is 0.164. The Balaban J connectivity index is 2.44. The second-order valence-corrected chi connectivity index (χ2v) is 5.08. The summed E-state index contributed by atoms with van der Waals surface area (Å²) >= 11 is 0. The first-order chi connectivity index (χ1) is 8.90.